The number of amides is 3. The Morgan fingerprint density at radius 2 is 1.74 bits per heavy atom. The molecule has 10 nitrogen and oxygen atoms in total. The van der Waals surface area contributed by atoms with Crippen LogP contribution in [-0.4, -0.2) is 99.2 Å². The van der Waals surface area contributed by atoms with E-state index in [9.17, 15) is 19.5 Å². The lowest BCUT2D eigenvalue weighted by Gasteiger charge is -2.34. The second-order valence-corrected chi connectivity index (χ2v) is 16.1. The lowest BCUT2D eigenvalue weighted by Crippen LogP contribution is -2.56. The first kappa shape index (κ1) is 41.4. The van der Waals surface area contributed by atoms with E-state index in [4.69, 9.17) is 4.74 Å². The van der Waals surface area contributed by atoms with Crippen LogP contribution in [0.1, 0.15) is 96.7 Å². The first-order valence-corrected chi connectivity index (χ1v) is 19.9. The monoisotopic (exact) mass is 713 g/mol. The number of hydrogen-bond donors (Lipinski definition) is 3. The van der Waals surface area contributed by atoms with Crippen molar-refractivity contribution >= 4 is 29.7 Å². The molecule has 1 fully saturated rings. The molecule has 11 heteroatoms. The standard InChI is InChI=1S/C39H63N5O5S/c1-28(2)18-19-35(45)33(22-30-14-9-7-10-15-30)42-37(46)34(24-32-25-40-27-41-32)44(6)38(47)36(23-31-16-11-8-12-17-31)49-39(48)43(5)20-13-21-50-26-29(3)4/h8,11-12,16-17,25,27-30,33-36,45H,7,9-10,13-15,18-24,26H2,1-6H3,(H,40,41)(H,42,46)/t33-,34-,35-,36-/m0/s1. The van der Waals surface area contributed by atoms with E-state index < -0.39 is 36.3 Å². The Balaban J connectivity index is 1.81. The van der Waals surface area contributed by atoms with E-state index in [1.54, 1.807) is 26.6 Å². The van der Waals surface area contributed by atoms with Gasteiger partial charge in [-0.25, -0.2) is 9.78 Å². The average molecular weight is 714 g/mol. The van der Waals surface area contributed by atoms with Gasteiger partial charge in [0, 0.05) is 39.7 Å². The number of ether oxygens (including phenoxy) is 1. The van der Waals surface area contributed by atoms with E-state index in [0.717, 1.165) is 42.8 Å². The number of carbonyl (C=O) groups excluding carboxylic acids is 3. The van der Waals surface area contributed by atoms with Crippen molar-refractivity contribution in [2.45, 2.75) is 123 Å². The Hall–Kier alpha value is -3.05. The van der Waals surface area contributed by atoms with Crippen LogP contribution in [0.4, 0.5) is 4.79 Å². The number of thioether (sulfide) groups is 1. The lowest BCUT2D eigenvalue weighted by molar-refractivity contribution is -0.146. The molecule has 0 aliphatic heterocycles. The molecule has 0 radical (unpaired) electrons. The van der Waals surface area contributed by atoms with Gasteiger partial charge in [0.15, 0.2) is 6.10 Å². The van der Waals surface area contributed by atoms with Gasteiger partial charge in [0.2, 0.25) is 5.91 Å². The zero-order chi connectivity index (χ0) is 36.5. The van der Waals surface area contributed by atoms with Crippen molar-refractivity contribution in [2.24, 2.45) is 17.8 Å². The maximum absolute atomic E-state index is 14.3. The lowest BCUT2D eigenvalue weighted by atomic mass is 9.83. The summed E-state index contributed by atoms with van der Waals surface area (Å²) in [5.74, 6) is 2.66. The molecule has 2 aromatic rings. The van der Waals surface area contributed by atoms with E-state index in [1.807, 2.05) is 42.1 Å². The molecule has 0 saturated heterocycles. The van der Waals surface area contributed by atoms with Crippen LogP contribution in [0.5, 0.6) is 0 Å². The van der Waals surface area contributed by atoms with Gasteiger partial charge in [0.05, 0.1) is 24.2 Å². The summed E-state index contributed by atoms with van der Waals surface area (Å²) in [5, 5.41) is 14.6. The summed E-state index contributed by atoms with van der Waals surface area (Å²) in [6.45, 7) is 9.15. The van der Waals surface area contributed by atoms with Gasteiger partial charge in [-0.15, -0.1) is 0 Å². The molecule has 3 amide bonds. The molecule has 1 aromatic carbocycles. The van der Waals surface area contributed by atoms with Crippen LogP contribution < -0.4 is 5.32 Å². The third kappa shape index (κ3) is 14.7. The summed E-state index contributed by atoms with van der Waals surface area (Å²) in [6.07, 6.45) is 9.89. The normalized spacial score (nSPS) is 16.1. The van der Waals surface area contributed by atoms with Gasteiger partial charge < -0.3 is 29.9 Å². The summed E-state index contributed by atoms with van der Waals surface area (Å²) in [4.78, 5) is 52.1. The predicted octanol–water partition coefficient (Wildman–Crippen LogP) is 6.49. The van der Waals surface area contributed by atoms with E-state index in [-0.39, 0.29) is 18.7 Å². The van der Waals surface area contributed by atoms with Crippen molar-refractivity contribution in [1.29, 1.82) is 0 Å². The highest BCUT2D eigenvalue weighted by atomic mass is 32.2. The molecule has 0 bridgehead atoms. The number of nitrogens with zero attached hydrogens (tertiary/aromatic N) is 3. The Morgan fingerprint density at radius 1 is 1.02 bits per heavy atom. The average Bonchev–Trinajstić information content (AvgIpc) is 3.62. The van der Waals surface area contributed by atoms with Gasteiger partial charge in [-0.3, -0.25) is 9.59 Å². The molecule has 50 heavy (non-hydrogen) atoms. The molecule has 1 heterocycles. The van der Waals surface area contributed by atoms with E-state index in [2.05, 4.69) is 43.0 Å². The molecule has 280 valence electrons. The summed E-state index contributed by atoms with van der Waals surface area (Å²) in [7, 11) is 3.28. The molecule has 1 aliphatic rings. The molecule has 3 rings (SSSR count). The summed E-state index contributed by atoms with van der Waals surface area (Å²) in [5.41, 5.74) is 1.47. The Labute approximate surface area is 304 Å². The number of aliphatic hydroxyl groups is 1. The van der Waals surface area contributed by atoms with Crippen LogP contribution in [0.2, 0.25) is 0 Å². The predicted molar refractivity (Wildman–Crippen MR) is 202 cm³/mol. The zero-order valence-electron chi connectivity index (χ0n) is 31.3. The number of aliphatic hydroxyl groups excluding tert-OH is 1. The van der Waals surface area contributed by atoms with Crippen molar-refractivity contribution in [3.05, 3.63) is 54.1 Å². The fourth-order valence-corrected chi connectivity index (χ4v) is 7.47. The largest absolute Gasteiger partial charge is 0.436 e. The molecule has 1 aromatic heterocycles. The SMILES string of the molecule is CC(C)CC[C@H](O)[C@H](CC1CCCCC1)NC(=O)[C@H](Cc1c[nH]cn1)N(C)C(=O)[C@H](Cc1ccccc1)OC(=O)N(C)CCCSCC(C)C. The maximum Gasteiger partial charge on any atom is 0.410 e. The quantitative estimate of drug-likeness (QED) is 0.126. The smallest absolute Gasteiger partial charge is 0.410 e. The number of hydrogen-bond acceptors (Lipinski definition) is 7. The van der Waals surface area contributed by atoms with E-state index >= 15 is 0 Å². The molecule has 0 spiro atoms. The Kier molecular flexibility index (Phi) is 18.2. The summed E-state index contributed by atoms with van der Waals surface area (Å²) < 4.78 is 5.93. The van der Waals surface area contributed by atoms with Crippen LogP contribution in [-0.2, 0) is 27.2 Å². The van der Waals surface area contributed by atoms with Crippen molar-refractivity contribution in [1.82, 2.24) is 25.1 Å². The van der Waals surface area contributed by atoms with Gasteiger partial charge in [-0.2, -0.15) is 11.8 Å². The molecular weight excluding hydrogens is 651 g/mol. The number of likely N-dealkylation sites (N-methyl/N-ethyl adjacent to an activating group) is 1. The third-order valence-electron chi connectivity index (χ3n) is 9.55. The van der Waals surface area contributed by atoms with Crippen molar-refractivity contribution in [2.75, 3.05) is 32.1 Å². The van der Waals surface area contributed by atoms with Gasteiger partial charge in [-0.05, 0) is 60.5 Å². The minimum Gasteiger partial charge on any atom is -0.436 e. The first-order chi connectivity index (χ1) is 23.9. The number of imidazole rings is 1. The number of nitrogens with one attached hydrogen (secondary N) is 2. The van der Waals surface area contributed by atoms with Crippen molar-refractivity contribution in [3.8, 4) is 0 Å². The van der Waals surface area contributed by atoms with Gasteiger partial charge in [0.1, 0.15) is 6.04 Å². The Bertz CT molecular complexity index is 1250. The fourth-order valence-electron chi connectivity index (χ4n) is 6.50. The maximum atomic E-state index is 14.3. The molecular formula is C39H63N5O5S. The zero-order valence-corrected chi connectivity index (χ0v) is 32.1. The Morgan fingerprint density at radius 3 is 2.38 bits per heavy atom. The summed E-state index contributed by atoms with van der Waals surface area (Å²) in [6, 6.07) is 8.08. The highest BCUT2D eigenvalue weighted by molar-refractivity contribution is 7.99. The minimum absolute atomic E-state index is 0.162. The van der Waals surface area contributed by atoms with Crippen LogP contribution in [0.3, 0.4) is 0 Å². The highest BCUT2D eigenvalue weighted by Gasteiger charge is 2.36. The molecule has 1 saturated carbocycles. The van der Waals surface area contributed by atoms with Gasteiger partial charge >= 0.3 is 6.09 Å². The minimum atomic E-state index is -1.14. The van der Waals surface area contributed by atoms with Gasteiger partial charge in [0.25, 0.3) is 5.91 Å². The van der Waals surface area contributed by atoms with E-state index in [1.165, 1.54) is 29.1 Å². The number of aromatic amines is 1. The second-order valence-electron chi connectivity index (χ2n) is 14.9. The molecule has 1 aliphatic carbocycles. The highest BCUT2D eigenvalue weighted by Crippen LogP contribution is 2.29. The number of H-pyrrole nitrogens is 1. The topological polar surface area (TPSA) is 128 Å². The fraction of sp³-hybridized carbons (Fsp3) is 0.692. The molecule has 4 atom stereocenters. The van der Waals surface area contributed by atoms with Crippen molar-refractivity contribution in [3.63, 3.8) is 0 Å². The first-order valence-electron chi connectivity index (χ1n) is 18.7. The van der Waals surface area contributed by atoms with Crippen LogP contribution in [0, 0.1) is 17.8 Å². The van der Waals surface area contributed by atoms with Crippen molar-refractivity contribution < 1.29 is 24.2 Å². The van der Waals surface area contributed by atoms with E-state index in [0.29, 0.717) is 42.8 Å². The molecule has 0 unspecified atom stereocenters. The van der Waals surface area contributed by atoms with Crippen LogP contribution in [0.15, 0.2) is 42.9 Å². The van der Waals surface area contributed by atoms with Crippen LogP contribution >= 0.6 is 11.8 Å². The number of rotatable bonds is 21. The number of carbonyl (C=O) groups is 3. The molecule has 3 N–H and O–H groups in total. The van der Waals surface area contributed by atoms with Gasteiger partial charge in [-0.1, -0.05) is 90.1 Å². The number of aromatic nitrogens is 2. The summed E-state index contributed by atoms with van der Waals surface area (Å²) >= 11 is 1.87. The second kappa shape index (κ2) is 22.0. The van der Waals surface area contributed by atoms with Crippen LogP contribution in [0.25, 0.3) is 0 Å². The number of benzene rings is 1. The third-order valence-corrected chi connectivity index (χ3v) is 11.0.